The first kappa shape index (κ1) is 21.1. The molecule has 0 atom stereocenters. The number of nitrogens with zero attached hydrogens (tertiary/aromatic N) is 2. The first-order valence-corrected chi connectivity index (χ1v) is 9.29. The molecule has 158 valence electrons. The van der Waals surface area contributed by atoms with Crippen molar-refractivity contribution in [2.75, 3.05) is 52.4 Å². The standard InChI is InChI=1S/C21H25F3N2O3/c1-27-18-11-15(12-19(28-2)20(18)29-3)14-25-7-9-26(10-8-25)17-6-4-5-16(13-17)21(22,23)24/h4-6,11-13H,7-10,14H2,1-3H3. The van der Waals surface area contributed by atoms with Crippen molar-refractivity contribution in [2.45, 2.75) is 12.7 Å². The van der Waals surface area contributed by atoms with E-state index in [1.165, 1.54) is 12.1 Å². The third-order valence-corrected chi connectivity index (χ3v) is 5.04. The molecular weight excluding hydrogens is 385 g/mol. The second-order valence-corrected chi connectivity index (χ2v) is 6.84. The number of ether oxygens (including phenoxy) is 3. The van der Waals surface area contributed by atoms with Gasteiger partial charge in [0.2, 0.25) is 5.75 Å². The van der Waals surface area contributed by atoms with Crippen molar-refractivity contribution < 1.29 is 27.4 Å². The summed E-state index contributed by atoms with van der Waals surface area (Å²) >= 11 is 0. The Kier molecular flexibility index (Phi) is 6.42. The highest BCUT2D eigenvalue weighted by atomic mass is 19.4. The number of methoxy groups -OCH3 is 3. The highest BCUT2D eigenvalue weighted by Gasteiger charge is 2.31. The van der Waals surface area contributed by atoms with E-state index in [1.54, 1.807) is 27.4 Å². The summed E-state index contributed by atoms with van der Waals surface area (Å²) in [6.07, 6.45) is -4.33. The highest BCUT2D eigenvalue weighted by molar-refractivity contribution is 5.54. The lowest BCUT2D eigenvalue weighted by Gasteiger charge is -2.36. The number of piperazine rings is 1. The van der Waals surface area contributed by atoms with Gasteiger partial charge < -0.3 is 19.1 Å². The molecule has 0 aromatic heterocycles. The molecule has 2 aromatic carbocycles. The van der Waals surface area contributed by atoms with Crippen LogP contribution in [-0.4, -0.2) is 52.4 Å². The topological polar surface area (TPSA) is 34.2 Å². The van der Waals surface area contributed by atoms with Gasteiger partial charge in [0.05, 0.1) is 26.9 Å². The van der Waals surface area contributed by atoms with Crippen LogP contribution in [0.3, 0.4) is 0 Å². The lowest BCUT2D eigenvalue weighted by molar-refractivity contribution is -0.137. The van der Waals surface area contributed by atoms with Crippen molar-refractivity contribution in [3.05, 3.63) is 47.5 Å². The van der Waals surface area contributed by atoms with E-state index in [9.17, 15) is 13.2 Å². The molecule has 29 heavy (non-hydrogen) atoms. The number of hydrogen-bond acceptors (Lipinski definition) is 5. The lowest BCUT2D eigenvalue weighted by Crippen LogP contribution is -2.46. The number of rotatable bonds is 6. The molecule has 2 aromatic rings. The van der Waals surface area contributed by atoms with Crippen molar-refractivity contribution >= 4 is 5.69 Å². The van der Waals surface area contributed by atoms with E-state index in [-0.39, 0.29) is 0 Å². The Morgan fingerprint density at radius 1 is 0.862 bits per heavy atom. The first-order valence-electron chi connectivity index (χ1n) is 9.29. The summed E-state index contributed by atoms with van der Waals surface area (Å²) < 4.78 is 55.0. The first-order chi connectivity index (χ1) is 13.9. The number of halogens is 3. The molecule has 0 radical (unpaired) electrons. The summed E-state index contributed by atoms with van der Waals surface area (Å²) in [7, 11) is 4.72. The van der Waals surface area contributed by atoms with Crippen molar-refractivity contribution in [3.8, 4) is 17.2 Å². The predicted molar refractivity (Wildman–Crippen MR) is 105 cm³/mol. The zero-order chi connectivity index (χ0) is 21.0. The summed E-state index contributed by atoms with van der Waals surface area (Å²) in [6, 6.07) is 9.34. The van der Waals surface area contributed by atoms with Gasteiger partial charge in [-0.15, -0.1) is 0 Å². The van der Waals surface area contributed by atoms with Gasteiger partial charge in [0.15, 0.2) is 11.5 Å². The van der Waals surface area contributed by atoms with Crippen LogP contribution in [0.5, 0.6) is 17.2 Å². The van der Waals surface area contributed by atoms with Gasteiger partial charge in [0, 0.05) is 38.4 Å². The van der Waals surface area contributed by atoms with Crippen LogP contribution in [0.1, 0.15) is 11.1 Å². The van der Waals surface area contributed by atoms with E-state index in [0.29, 0.717) is 42.6 Å². The Bertz CT molecular complexity index is 809. The van der Waals surface area contributed by atoms with E-state index in [1.807, 2.05) is 17.0 Å². The van der Waals surface area contributed by atoms with Gasteiger partial charge in [-0.25, -0.2) is 0 Å². The predicted octanol–water partition coefficient (Wildman–Crippen LogP) is 4.05. The van der Waals surface area contributed by atoms with Crippen LogP contribution < -0.4 is 19.1 Å². The van der Waals surface area contributed by atoms with Gasteiger partial charge in [-0.2, -0.15) is 13.2 Å². The maximum absolute atomic E-state index is 13.0. The summed E-state index contributed by atoms with van der Waals surface area (Å²) in [5, 5.41) is 0. The Hall–Kier alpha value is -2.61. The van der Waals surface area contributed by atoms with Crippen LogP contribution in [-0.2, 0) is 12.7 Å². The quantitative estimate of drug-likeness (QED) is 0.718. The maximum atomic E-state index is 13.0. The van der Waals surface area contributed by atoms with E-state index in [0.717, 1.165) is 24.7 Å². The van der Waals surface area contributed by atoms with Gasteiger partial charge in [0.1, 0.15) is 0 Å². The smallest absolute Gasteiger partial charge is 0.416 e. The molecule has 0 aliphatic carbocycles. The van der Waals surface area contributed by atoms with Crippen molar-refractivity contribution in [2.24, 2.45) is 0 Å². The molecule has 1 aliphatic rings. The molecule has 0 saturated carbocycles. The summed E-state index contributed by atoms with van der Waals surface area (Å²) in [5.74, 6) is 1.75. The second-order valence-electron chi connectivity index (χ2n) is 6.84. The van der Waals surface area contributed by atoms with Crippen molar-refractivity contribution in [1.82, 2.24) is 4.90 Å². The molecule has 1 fully saturated rings. The van der Waals surface area contributed by atoms with Crippen LogP contribution in [0, 0.1) is 0 Å². The number of alkyl halides is 3. The summed E-state index contributed by atoms with van der Waals surface area (Å²) in [5.41, 5.74) is 1.01. The largest absolute Gasteiger partial charge is 0.493 e. The Morgan fingerprint density at radius 3 is 2.00 bits per heavy atom. The minimum absolute atomic E-state index is 0.549. The molecule has 0 spiro atoms. The average Bonchev–Trinajstić information content (AvgIpc) is 2.73. The molecule has 1 heterocycles. The molecule has 0 unspecified atom stereocenters. The molecule has 0 amide bonds. The summed E-state index contributed by atoms with van der Waals surface area (Å²) in [4.78, 5) is 4.24. The summed E-state index contributed by atoms with van der Waals surface area (Å²) in [6.45, 7) is 3.49. The zero-order valence-corrected chi connectivity index (χ0v) is 16.8. The van der Waals surface area contributed by atoms with Crippen LogP contribution >= 0.6 is 0 Å². The fourth-order valence-electron chi connectivity index (χ4n) is 3.53. The minimum atomic E-state index is -4.33. The van der Waals surface area contributed by atoms with E-state index < -0.39 is 11.7 Å². The highest BCUT2D eigenvalue weighted by Crippen LogP contribution is 2.38. The van der Waals surface area contributed by atoms with Crippen molar-refractivity contribution in [1.29, 1.82) is 0 Å². The van der Waals surface area contributed by atoms with Crippen LogP contribution in [0.4, 0.5) is 18.9 Å². The molecule has 1 aliphatic heterocycles. The molecule has 1 saturated heterocycles. The fourth-order valence-corrected chi connectivity index (χ4v) is 3.53. The van der Waals surface area contributed by atoms with Gasteiger partial charge in [-0.3, -0.25) is 4.90 Å². The van der Waals surface area contributed by atoms with Gasteiger partial charge in [-0.05, 0) is 35.9 Å². The van der Waals surface area contributed by atoms with E-state index >= 15 is 0 Å². The Morgan fingerprint density at radius 2 is 1.48 bits per heavy atom. The van der Waals surface area contributed by atoms with Crippen LogP contribution in [0.25, 0.3) is 0 Å². The molecular formula is C21H25F3N2O3. The third-order valence-electron chi connectivity index (χ3n) is 5.04. The Balaban J connectivity index is 1.66. The number of hydrogen-bond donors (Lipinski definition) is 0. The van der Waals surface area contributed by atoms with Gasteiger partial charge >= 0.3 is 6.18 Å². The maximum Gasteiger partial charge on any atom is 0.416 e. The van der Waals surface area contributed by atoms with Crippen LogP contribution in [0.2, 0.25) is 0 Å². The number of anilines is 1. The van der Waals surface area contributed by atoms with E-state index in [4.69, 9.17) is 14.2 Å². The zero-order valence-electron chi connectivity index (χ0n) is 16.8. The minimum Gasteiger partial charge on any atom is -0.493 e. The number of benzene rings is 2. The lowest BCUT2D eigenvalue weighted by atomic mass is 10.1. The molecule has 3 rings (SSSR count). The second kappa shape index (κ2) is 8.82. The molecule has 0 bridgehead atoms. The van der Waals surface area contributed by atoms with Gasteiger partial charge in [0.25, 0.3) is 0 Å². The molecule has 8 heteroatoms. The van der Waals surface area contributed by atoms with Gasteiger partial charge in [-0.1, -0.05) is 6.07 Å². The normalized spacial score (nSPS) is 15.3. The monoisotopic (exact) mass is 410 g/mol. The van der Waals surface area contributed by atoms with Crippen LogP contribution in [0.15, 0.2) is 36.4 Å². The fraction of sp³-hybridized carbons (Fsp3) is 0.429. The third kappa shape index (κ3) is 4.87. The molecule has 5 nitrogen and oxygen atoms in total. The molecule has 0 N–H and O–H groups in total. The Labute approximate surface area is 168 Å². The average molecular weight is 410 g/mol. The van der Waals surface area contributed by atoms with E-state index in [2.05, 4.69) is 4.90 Å². The SMILES string of the molecule is COc1cc(CN2CCN(c3cccc(C(F)(F)F)c3)CC2)cc(OC)c1OC. The van der Waals surface area contributed by atoms with Crippen molar-refractivity contribution in [3.63, 3.8) is 0 Å².